The van der Waals surface area contributed by atoms with E-state index in [4.69, 9.17) is 9.47 Å². The minimum atomic E-state index is -0.450. The highest BCUT2D eigenvalue weighted by Crippen LogP contribution is 2.28. The number of hydrogen-bond acceptors (Lipinski definition) is 4. The Morgan fingerprint density at radius 2 is 1.89 bits per heavy atom. The van der Waals surface area contributed by atoms with Crippen molar-refractivity contribution in [1.29, 1.82) is 0 Å². The molecule has 4 nitrogen and oxygen atoms in total. The highest BCUT2D eigenvalue weighted by atomic mass is 16.6. The first-order valence-electron chi connectivity index (χ1n) is 6.25. The fourth-order valence-electron chi connectivity index (χ4n) is 1.52. The summed E-state index contributed by atoms with van der Waals surface area (Å²) in [5.74, 6) is 0.516. The summed E-state index contributed by atoms with van der Waals surface area (Å²) in [6.45, 7) is 7.21. The maximum Gasteiger partial charge on any atom is 0.338 e. The average Bonchev–Trinajstić information content (AvgIpc) is 2.37. The Labute approximate surface area is 114 Å². The third-order valence-corrected chi connectivity index (χ3v) is 2.59. The molecule has 0 aliphatic heterocycles. The van der Waals surface area contributed by atoms with E-state index in [0.29, 0.717) is 17.1 Å². The summed E-state index contributed by atoms with van der Waals surface area (Å²) in [5.41, 5.74) is 0.356. The molecule has 0 fully saturated rings. The lowest BCUT2D eigenvalue weighted by molar-refractivity contribution is -0.130. The lowest BCUT2D eigenvalue weighted by Crippen LogP contribution is -2.32. The zero-order chi connectivity index (χ0) is 14.4. The molecular formula is C15H21NO3. The second-order valence-electron chi connectivity index (χ2n) is 4.56. The van der Waals surface area contributed by atoms with Gasteiger partial charge in [-0.2, -0.15) is 0 Å². The number of rotatable bonds is 6. The Balaban J connectivity index is 2.89. The SMILES string of the molecule is C=C(C)C(=O)Oc1ccccc1OC(CC)N(C)C. The molecular weight excluding hydrogens is 242 g/mol. The first-order valence-corrected chi connectivity index (χ1v) is 6.25. The molecule has 0 aromatic heterocycles. The van der Waals surface area contributed by atoms with Crippen molar-refractivity contribution in [2.75, 3.05) is 14.1 Å². The summed E-state index contributed by atoms with van der Waals surface area (Å²) in [7, 11) is 3.88. The van der Waals surface area contributed by atoms with Crippen LogP contribution in [0.4, 0.5) is 0 Å². The molecule has 0 aliphatic carbocycles. The van der Waals surface area contributed by atoms with Crippen molar-refractivity contribution in [3.63, 3.8) is 0 Å². The Morgan fingerprint density at radius 1 is 1.32 bits per heavy atom. The molecule has 0 aliphatic rings. The molecule has 104 valence electrons. The highest BCUT2D eigenvalue weighted by molar-refractivity contribution is 5.89. The van der Waals surface area contributed by atoms with Gasteiger partial charge in [0.1, 0.15) is 0 Å². The predicted octanol–water partition coefficient (Wildman–Crippen LogP) is 2.84. The van der Waals surface area contributed by atoms with Crippen LogP contribution in [0.15, 0.2) is 36.4 Å². The number of benzene rings is 1. The zero-order valence-corrected chi connectivity index (χ0v) is 12.0. The van der Waals surface area contributed by atoms with Gasteiger partial charge in [0, 0.05) is 5.57 Å². The molecule has 0 heterocycles. The van der Waals surface area contributed by atoms with Crippen molar-refractivity contribution in [3.05, 3.63) is 36.4 Å². The highest BCUT2D eigenvalue weighted by Gasteiger charge is 2.15. The summed E-state index contributed by atoms with van der Waals surface area (Å²) < 4.78 is 11.1. The first kappa shape index (κ1) is 15.2. The number of ether oxygens (including phenoxy) is 2. The number of hydrogen-bond donors (Lipinski definition) is 0. The average molecular weight is 263 g/mol. The number of para-hydroxylation sites is 2. The molecule has 1 aromatic rings. The van der Waals surface area contributed by atoms with Gasteiger partial charge in [0.15, 0.2) is 17.7 Å². The Bertz CT molecular complexity index is 454. The van der Waals surface area contributed by atoms with Gasteiger partial charge in [-0.05, 0) is 39.6 Å². The number of carbonyl (C=O) groups is 1. The zero-order valence-electron chi connectivity index (χ0n) is 12.0. The van der Waals surface area contributed by atoms with Crippen LogP contribution in [0.5, 0.6) is 11.5 Å². The van der Waals surface area contributed by atoms with Crippen molar-refractivity contribution in [1.82, 2.24) is 4.90 Å². The second kappa shape index (κ2) is 6.95. The van der Waals surface area contributed by atoms with Crippen molar-refractivity contribution < 1.29 is 14.3 Å². The van der Waals surface area contributed by atoms with Gasteiger partial charge >= 0.3 is 5.97 Å². The van der Waals surface area contributed by atoms with E-state index in [1.165, 1.54) is 0 Å². The quantitative estimate of drug-likeness (QED) is 0.342. The van der Waals surface area contributed by atoms with Gasteiger partial charge in [0.25, 0.3) is 0 Å². The lowest BCUT2D eigenvalue weighted by Gasteiger charge is -2.24. The van der Waals surface area contributed by atoms with Gasteiger partial charge in [-0.15, -0.1) is 0 Å². The number of nitrogens with zero attached hydrogens (tertiary/aromatic N) is 1. The van der Waals surface area contributed by atoms with Crippen LogP contribution >= 0.6 is 0 Å². The Hall–Kier alpha value is -1.81. The smallest absolute Gasteiger partial charge is 0.338 e. The van der Waals surface area contributed by atoms with Crippen LogP contribution in [0.2, 0.25) is 0 Å². The summed E-state index contributed by atoms with van der Waals surface area (Å²) in [6, 6.07) is 7.13. The Morgan fingerprint density at radius 3 is 2.37 bits per heavy atom. The van der Waals surface area contributed by atoms with Crippen LogP contribution in [0.25, 0.3) is 0 Å². The lowest BCUT2D eigenvalue weighted by atomic mass is 10.3. The third kappa shape index (κ3) is 4.41. The van der Waals surface area contributed by atoms with Crippen LogP contribution in [-0.4, -0.2) is 31.2 Å². The summed E-state index contributed by atoms with van der Waals surface area (Å²) in [6.07, 6.45) is 0.764. The summed E-state index contributed by atoms with van der Waals surface area (Å²) in [4.78, 5) is 13.5. The van der Waals surface area contributed by atoms with Crippen molar-refractivity contribution in [3.8, 4) is 11.5 Å². The molecule has 0 bridgehead atoms. The van der Waals surface area contributed by atoms with Crippen molar-refractivity contribution in [2.24, 2.45) is 0 Å². The fourth-order valence-corrected chi connectivity index (χ4v) is 1.52. The largest absolute Gasteiger partial charge is 0.471 e. The molecule has 1 unspecified atom stereocenters. The number of esters is 1. The van der Waals surface area contributed by atoms with Crippen LogP contribution in [-0.2, 0) is 4.79 Å². The Kier molecular flexibility index (Phi) is 5.57. The van der Waals surface area contributed by atoms with Gasteiger partial charge in [0.2, 0.25) is 0 Å². The van der Waals surface area contributed by atoms with E-state index >= 15 is 0 Å². The number of carbonyl (C=O) groups excluding carboxylic acids is 1. The second-order valence-corrected chi connectivity index (χ2v) is 4.56. The molecule has 19 heavy (non-hydrogen) atoms. The molecule has 4 heteroatoms. The minimum absolute atomic E-state index is 0.0651. The molecule has 0 amide bonds. The van der Waals surface area contributed by atoms with Gasteiger partial charge in [-0.3, -0.25) is 4.90 Å². The molecule has 1 rings (SSSR count). The van der Waals surface area contributed by atoms with E-state index in [1.807, 2.05) is 32.0 Å². The topological polar surface area (TPSA) is 38.8 Å². The molecule has 0 saturated heterocycles. The summed E-state index contributed by atoms with van der Waals surface area (Å²) in [5, 5.41) is 0. The predicted molar refractivity (Wildman–Crippen MR) is 75.3 cm³/mol. The van der Waals surface area contributed by atoms with Crippen molar-refractivity contribution >= 4 is 5.97 Å². The van der Waals surface area contributed by atoms with Gasteiger partial charge < -0.3 is 9.47 Å². The van der Waals surface area contributed by atoms with Crippen molar-refractivity contribution in [2.45, 2.75) is 26.5 Å². The fraction of sp³-hybridized carbons (Fsp3) is 0.400. The molecule has 0 saturated carbocycles. The van der Waals surface area contributed by atoms with E-state index in [1.54, 1.807) is 25.1 Å². The molecule has 0 spiro atoms. The normalized spacial score (nSPS) is 12.1. The van der Waals surface area contributed by atoms with E-state index < -0.39 is 5.97 Å². The van der Waals surface area contributed by atoms with E-state index in [9.17, 15) is 4.79 Å². The maximum absolute atomic E-state index is 11.6. The van der Waals surface area contributed by atoms with Crippen LogP contribution in [0.1, 0.15) is 20.3 Å². The monoisotopic (exact) mass is 263 g/mol. The minimum Gasteiger partial charge on any atom is -0.471 e. The first-order chi connectivity index (χ1) is 8.95. The standard InChI is InChI=1S/C15H21NO3/c1-6-14(16(4)5)18-12-9-7-8-10-13(12)19-15(17)11(2)3/h7-10,14H,2,6H2,1,3-5H3. The van der Waals surface area contributed by atoms with Crippen LogP contribution < -0.4 is 9.47 Å². The third-order valence-electron chi connectivity index (χ3n) is 2.59. The maximum atomic E-state index is 11.6. The molecule has 1 aromatic carbocycles. The van der Waals surface area contributed by atoms with Gasteiger partial charge in [0.05, 0.1) is 0 Å². The summed E-state index contributed by atoms with van der Waals surface area (Å²) >= 11 is 0. The van der Waals surface area contributed by atoms with E-state index in [0.717, 1.165) is 6.42 Å². The molecule has 1 atom stereocenters. The van der Waals surface area contributed by atoms with E-state index in [2.05, 4.69) is 6.58 Å². The van der Waals surface area contributed by atoms with Gasteiger partial charge in [-0.25, -0.2) is 4.79 Å². The molecule has 0 N–H and O–H groups in total. The van der Waals surface area contributed by atoms with Crippen LogP contribution in [0, 0.1) is 0 Å². The van der Waals surface area contributed by atoms with Crippen LogP contribution in [0.3, 0.4) is 0 Å². The van der Waals surface area contributed by atoms with E-state index in [-0.39, 0.29) is 6.23 Å². The molecule has 0 radical (unpaired) electrons. The van der Waals surface area contributed by atoms with Gasteiger partial charge in [-0.1, -0.05) is 25.6 Å².